The molecule has 1 aliphatic heterocycles. The van der Waals surface area contributed by atoms with Crippen molar-refractivity contribution in [2.45, 2.75) is 18.9 Å². The van der Waals surface area contributed by atoms with Crippen LogP contribution in [0.1, 0.15) is 12.8 Å². The minimum atomic E-state index is -0.235. The summed E-state index contributed by atoms with van der Waals surface area (Å²) >= 11 is 0. The lowest BCUT2D eigenvalue weighted by Gasteiger charge is -2.22. The number of hydroxylamine groups is 1. The van der Waals surface area contributed by atoms with E-state index in [4.69, 9.17) is 4.74 Å². The number of hydrogen-bond acceptors (Lipinski definition) is 4. The standard InChI is InChI=1S/C8H16N2O3/c1-12-10-8(11)6-13-7-2-4-9-5-3-7/h7,9H,2-6H2,1H3,(H,10,11). The van der Waals surface area contributed by atoms with E-state index in [1.54, 1.807) is 0 Å². The first-order valence-corrected chi connectivity index (χ1v) is 4.47. The van der Waals surface area contributed by atoms with Crippen molar-refractivity contribution in [3.63, 3.8) is 0 Å². The van der Waals surface area contributed by atoms with Gasteiger partial charge in [0.2, 0.25) is 0 Å². The molecule has 0 aromatic carbocycles. The number of carbonyl (C=O) groups excluding carboxylic acids is 1. The average molecular weight is 188 g/mol. The molecule has 1 amide bonds. The highest BCUT2D eigenvalue weighted by molar-refractivity contribution is 5.76. The second kappa shape index (κ2) is 5.90. The Labute approximate surface area is 77.7 Å². The molecule has 0 saturated carbocycles. The summed E-state index contributed by atoms with van der Waals surface area (Å²) in [6, 6.07) is 0. The molecular formula is C8H16N2O3. The van der Waals surface area contributed by atoms with Crippen LogP contribution in [-0.4, -0.2) is 38.8 Å². The molecule has 0 aromatic rings. The highest BCUT2D eigenvalue weighted by atomic mass is 16.6. The summed E-state index contributed by atoms with van der Waals surface area (Å²) in [5, 5.41) is 3.22. The van der Waals surface area contributed by atoms with Crippen molar-refractivity contribution >= 4 is 5.91 Å². The van der Waals surface area contributed by atoms with Gasteiger partial charge in [0.05, 0.1) is 13.2 Å². The molecule has 76 valence electrons. The van der Waals surface area contributed by atoms with E-state index in [0.717, 1.165) is 25.9 Å². The Morgan fingerprint density at radius 3 is 2.85 bits per heavy atom. The Bertz CT molecular complexity index is 157. The quantitative estimate of drug-likeness (QED) is 0.580. The van der Waals surface area contributed by atoms with Crippen molar-refractivity contribution < 1.29 is 14.4 Å². The van der Waals surface area contributed by atoms with Crippen LogP contribution in [0, 0.1) is 0 Å². The third kappa shape index (κ3) is 4.21. The smallest absolute Gasteiger partial charge is 0.269 e. The normalized spacial score (nSPS) is 18.5. The Balaban J connectivity index is 2.06. The zero-order valence-electron chi connectivity index (χ0n) is 7.84. The fourth-order valence-corrected chi connectivity index (χ4v) is 1.30. The summed E-state index contributed by atoms with van der Waals surface area (Å²) in [5.41, 5.74) is 2.21. The highest BCUT2D eigenvalue weighted by Crippen LogP contribution is 2.06. The summed E-state index contributed by atoms with van der Waals surface area (Å²) in [7, 11) is 1.41. The van der Waals surface area contributed by atoms with Crippen molar-refractivity contribution in [1.29, 1.82) is 0 Å². The molecule has 13 heavy (non-hydrogen) atoms. The maximum atomic E-state index is 10.9. The molecule has 1 fully saturated rings. The van der Waals surface area contributed by atoms with Gasteiger partial charge in [-0.25, -0.2) is 5.48 Å². The second-order valence-electron chi connectivity index (χ2n) is 2.99. The first kappa shape index (κ1) is 10.4. The van der Waals surface area contributed by atoms with E-state index >= 15 is 0 Å². The lowest BCUT2D eigenvalue weighted by molar-refractivity contribution is -0.138. The van der Waals surface area contributed by atoms with Crippen LogP contribution in [0.3, 0.4) is 0 Å². The van der Waals surface area contributed by atoms with Crippen LogP contribution in [0.4, 0.5) is 0 Å². The predicted octanol–water partition coefficient (Wildman–Crippen LogP) is -0.567. The van der Waals surface area contributed by atoms with Gasteiger partial charge in [-0.1, -0.05) is 0 Å². The zero-order chi connectivity index (χ0) is 9.52. The van der Waals surface area contributed by atoms with E-state index in [9.17, 15) is 4.79 Å². The minimum Gasteiger partial charge on any atom is -0.368 e. The molecule has 0 unspecified atom stereocenters. The molecule has 1 aliphatic rings. The Morgan fingerprint density at radius 1 is 1.54 bits per heavy atom. The lowest BCUT2D eigenvalue weighted by atomic mass is 10.1. The van der Waals surface area contributed by atoms with Gasteiger partial charge >= 0.3 is 0 Å². The molecule has 0 aliphatic carbocycles. The lowest BCUT2D eigenvalue weighted by Crippen LogP contribution is -2.35. The van der Waals surface area contributed by atoms with Crippen molar-refractivity contribution in [2.24, 2.45) is 0 Å². The molecule has 5 heteroatoms. The number of ether oxygens (including phenoxy) is 1. The number of piperidine rings is 1. The van der Waals surface area contributed by atoms with E-state index in [1.807, 2.05) is 0 Å². The van der Waals surface area contributed by atoms with Gasteiger partial charge in [-0.15, -0.1) is 0 Å². The summed E-state index contributed by atoms with van der Waals surface area (Å²) in [6.07, 6.45) is 2.16. The summed E-state index contributed by atoms with van der Waals surface area (Å²) in [4.78, 5) is 15.4. The fourth-order valence-electron chi connectivity index (χ4n) is 1.30. The largest absolute Gasteiger partial charge is 0.368 e. The maximum absolute atomic E-state index is 10.9. The first-order valence-electron chi connectivity index (χ1n) is 4.47. The number of amides is 1. The molecule has 1 rings (SSSR count). The van der Waals surface area contributed by atoms with Gasteiger partial charge in [0, 0.05) is 0 Å². The molecule has 0 aromatic heterocycles. The highest BCUT2D eigenvalue weighted by Gasteiger charge is 2.14. The number of rotatable bonds is 4. The van der Waals surface area contributed by atoms with Gasteiger partial charge in [-0.2, -0.15) is 0 Å². The van der Waals surface area contributed by atoms with E-state index in [2.05, 4.69) is 15.6 Å². The predicted molar refractivity (Wildman–Crippen MR) is 47.0 cm³/mol. The number of nitrogens with one attached hydrogen (secondary N) is 2. The van der Waals surface area contributed by atoms with Crippen LogP contribution in [-0.2, 0) is 14.4 Å². The Morgan fingerprint density at radius 2 is 2.23 bits per heavy atom. The zero-order valence-corrected chi connectivity index (χ0v) is 7.84. The summed E-state index contributed by atoms with van der Waals surface area (Å²) < 4.78 is 5.37. The topological polar surface area (TPSA) is 59.6 Å². The SMILES string of the molecule is CONC(=O)COC1CCNCC1. The van der Waals surface area contributed by atoms with Crippen molar-refractivity contribution in [2.75, 3.05) is 26.8 Å². The van der Waals surface area contributed by atoms with E-state index in [1.165, 1.54) is 7.11 Å². The van der Waals surface area contributed by atoms with Crippen LogP contribution in [0.25, 0.3) is 0 Å². The number of carbonyl (C=O) groups is 1. The second-order valence-corrected chi connectivity index (χ2v) is 2.99. The molecule has 5 nitrogen and oxygen atoms in total. The van der Waals surface area contributed by atoms with Gasteiger partial charge in [-0.05, 0) is 25.9 Å². The molecule has 1 saturated heterocycles. The van der Waals surface area contributed by atoms with E-state index < -0.39 is 0 Å². The van der Waals surface area contributed by atoms with Gasteiger partial charge in [0.25, 0.3) is 5.91 Å². The van der Waals surface area contributed by atoms with Crippen molar-refractivity contribution in [3.05, 3.63) is 0 Å². The van der Waals surface area contributed by atoms with Crippen LogP contribution >= 0.6 is 0 Å². The minimum absolute atomic E-state index is 0.0819. The van der Waals surface area contributed by atoms with Crippen LogP contribution in [0.5, 0.6) is 0 Å². The monoisotopic (exact) mass is 188 g/mol. The van der Waals surface area contributed by atoms with E-state index in [0.29, 0.717) is 0 Å². The fraction of sp³-hybridized carbons (Fsp3) is 0.875. The van der Waals surface area contributed by atoms with Crippen molar-refractivity contribution in [1.82, 2.24) is 10.8 Å². The molecule has 0 spiro atoms. The molecule has 2 N–H and O–H groups in total. The first-order chi connectivity index (χ1) is 6.33. The van der Waals surface area contributed by atoms with Gasteiger partial charge in [-0.3, -0.25) is 9.63 Å². The number of hydrogen-bond donors (Lipinski definition) is 2. The Hall–Kier alpha value is -0.650. The van der Waals surface area contributed by atoms with Gasteiger partial charge in [0.15, 0.2) is 0 Å². The summed E-state index contributed by atoms with van der Waals surface area (Å²) in [5.74, 6) is -0.235. The summed E-state index contributed by atoms with van der Waals surface area (Å²) in [6.45, 7) is 2.02. The third-order valence-electron chi connectivity index (χ3n) is 1.95. The molecule has 0 bridgehead atoms. The third-order valence-corrected chi connectivity index (χ3v) is 1.95. The van der Waals surface area contributed by atoms with Crippen LogP contribution < -0.4 is 10.8 Å². The molecule has 0 radical (unpaired) electrons. The van der Waals surface area contributed by atoms with E-state index in [-0.39, 0.29) is 18.6 Å². The van der Waals surface area contributed by atoms with Gasteiger partial charge in [0.1, 0.15) is 6.61 Å². The molecule has 1 heterocycles. The van der Waals surface area contributed by atoms with Crippen LogP contribution in [0.2, 0.25) is 0 Å². The Kier molecular flexibility index (Phi) is 4.74. The molecule has 0 atom stereocenters. The van der Waals surface area contributed by atoms with Crippen LogP contribution in [0.15, 0.2) is 0 Å². The molecular weight excluding hydrogens is 172 g/mol. The van der Waals surface area contributed by atoms with Crippen molar-refractivity contribution in [3.8, 4) is 0 Å². The average Bonchev–Trinajstić information content (AvgIpc) is 2.17. The van der Waals surface area contributed by atoms with Gasteiger partial charge < -0.3 is 10.1 Å². The maximum Gasteiger partial charge on any atom is 0.269 e.